The number of hydrogen-bond donors (Lipinski definition) is 0. The number of rotatable bonds is 1. The Balaban J connectivity index is 1.78. The maximum absolute atomic E-state index is 12.6. The SMILES string of the molecule is CC1(C)CC(=O)C2=C(C1)OC(c1ccccc1)=CC21CC1. The highest BCUT2D eigenvalue weighted by atomic mass is 16.5. The van der Waals surface area contributed by atoms with Gasteiger partial charge in [-0.25, -0.2) is 0 Å². The highest BCUT2D eigenvalue weighted by Gasteiger charge is 2.53. The molecule has 1 aromatic carbocycles. The fourth-order valence-corrected chi connectivity index (χ4v) is 3.67. The van der Waals surface area contributed by atoms with Crippen LogP contribution in [0.1, 0.15) is 45.1 Å². The van der Waals surface area contributed by atoms with E-state index < -0.39 is 0 Å². The molecule has 0 amide bonds. The van der Waals surface area contributed by atoms with Crippen LogP contribution in [0.3, 0.4) is 0 Å². The molecule has 108 valence electrons. The summed E-state index contributed by atoms with van der Waals surface area (Å²) in [5, 5.41) is 0. The first-order valence-corrected chi connectivity index (χ1v) is 7.72. The third-order valence-corrected chi connectivity index (χ3v) is 4.82. The van der Waals surface area contributed by atoms with E-state index in [0.29, 0.717) is 12.2 Å². The number of Topliss-reactive ketones (excluding diaryl/α,β-unsaturated/α-hetero) is 1. The topological polar surface area (TPSA) is 26.3 Å². The molecule has 21 heavy (non-hydrogen) atoms. The number of carbonyl (C=O) groups is 1. The maximum Gasteiger partial charge on any atom is 0.163 e. The van der Waals surface area contributed by atoms with E-state index in [1.54, 1.807) is 0 Å². The van der Waals surface area contributed by atoms with Crippen molar-refractivity contribution in [1.29, 1.82) is 0 Å². The molecular weight excluding hydrogens is 260 g/mol. The molecule has 0 N–H and O–H groups in total. The van der Waals surface area contributed by atoms with Gasteiger partial charge in [-0.2, -0.15) is 0 Å². The van der Waals surface area contributed by atoms with Crippen LogP contribution in [0.15, 0.2) is 47.7 Å². The van der Waals surface area contributed by atoms with E-state index in [4.69, 9.17) is 4.74 Å². The summed E-state index contributed by atoms with van der Waals surface area (Å²) in [6, 6.07) is 10.2. The summed E-state index contributed by atoms with van der Waals surface area (Å²) in [5.74, 6) is 2.15. The van der Waals surface area contributed by atoms with Gasteiger partial charge >= 0.3 is 0 Å². The number of fused-ring (bicyclic) bond motifs is 1. The Hall–Kier alpha value is -1.83. The summed E-state index contributed by atoms with van der Waals surface area (Å²) in [6.07, 6.45) is 5.86. The molecule has 3 aliphatic rings. The molecule has 1 heterocycles. The minimum Gasteiger partial charge on any atom is -0.461 e. The fourth-order valence-electron chi connectivity index (χ4n) is 3.67. The normalized spacial score (nSPS) is 25.2. The Morgan fingerprint density at radius 1 is 1.05 bits per heavy atom. The molecule has 1 aromatic rings. The van der Waals surface area contributed by atoms with Gasteiger partial charge in [-0.1, -0.05) is 44.2 Å². The Labute approximate surface area is 125 Å². The zero-order valence-corrected chi connectivity index (χ0v) is 12.6. The van der Waals surface area contributed by atoms with E-state index in [1.165, 1.54) is 0 Å². The Morgan fingerprint density at radius 2 is 1.76 bits per heavy atom. The second-order valence-electron chi connectivity index (χ2n) is 7.37. The van der Waals surface area contributed by atoms with Crippen molar-refractivity contribution in [2.45, 2.75) is 39.5 Å². The quantitative estimate of drug-likeness (QED) is 0.758. The summed E-state index contributed by atoms with van der Waals surface area (Å²) < 4.78 is 6.18. The highest BCUT2D eigenvalue weighted by Crippen LogP contribution is 2.61. The molecule has 0 atom stereocenters. The summed E-state index contributed by atoms with van der Waals surface area (Å²) >= 11 is 0. The van der Waals surface area contributed by atoms with E-state index in [2.05, 4.69) is 32.1 Å². The van der Waals surface area contributed by atoms with Gasteiger partial charge in [-0.15, -0.1) is 0 Å². The van der Waals surface area contributed by atoms with Gasteiger partial charge in [0.25, 0.3) is 0 Å². The maximum atomic E-state index is 12.6. The molecule has 1 saturated carbocycles. The summed E-state index contributed by atoms with van der Waals surface area (Å²) in [6.45, 7) is 4.30. The van der Waals surface area contributed by atoms with Crippen LogP contribution < -0.4 is 0 Å². The smallest absolute Gasteiger partial charge is 0.163 e. The highest BCUT2D eigenvalue weighted by molar-refractivity contribution is 6.00. The number of carbonyl (C=O) groups excluding carboxylic acids is 1. The zero-order valence-electron chi connectivity index (χ0n) is 12.6. The van der Waals surface area contributed by atoms with Crippen molar-refractivity contribution in [2.75, 3.05) is 0 Å². The molecule has 1 spiro atoms. The molecule has 0 bridgehead atoms. The monoisotopic (exact) mass is 280 g/mol. The van der Waals surface area contributed by atoms with Gasteiger partial charge in [0, 0.05) is 29.4 Å². The first-order valence-electron chi connectivity index (χ1n) is 7.72. The molecule has 1 aliphatic heterocycles. The number of benzene rings is 1. The molecule has 4 rings (SSSR count). The Kier molecular flexibility index (Phi) is 2.51. The average molecular weight is 280 g/mol. The van der Waals surface area contributed by atoms with Gasteiger partial charge in [0.1, 0.15) is 11.5 Å². The van der Waals surface area contributed by atoms with Gasteiger partial charge in [-0.05, 0) is 24.3 Å². The van der Waals surface area contributed by atoms with Gasteiger partial charge in [0.05, 0.1) is 0 Å². The molecular formula is C19H20O2. The second-order valence-corrected chi connectivity index (χ2v) is 7.37. The van der Waals surface area contributed by atoms with Crippen LogP contribution in [-0.2, 0) is 9.53 Å². The lowest BCUT2D eigenvalue weighted by atomic mass is 9.72. The zero-order chi connectivity index (χ0) is 14.7. The minimum atomic E-state index is -0.0215. The van der Waals surface area contributed by atoms with Crippen molar-refractivity contribution in [3.8, 4) is 0 Å². The van der Waals surface area contributed by atoms with Crippen molar-refractivity contribution in [1.82, 2.24) is 0 Å². The van der Waals surface area contributed by atoms with Crippen molar-refractivity contribution in [2.24, 2.45) is 10.8 Å². The molecule has 2 aliphatic carbocycles. The molecule has 2 heteroatoms. The van der Waals surface area contributed by atoms with Gasteiger partial charge in [0.15, 0.2) is 5.78 Å². The van der Waals surface area contributed by atoms with Crippen LogP contribution in [0.2, 0.25) is 0 Å². The standard InChI is InChI=1S/C19H20O2/c1-18(2)10-14(20)17-16(11-18)21-15(12-19(17)8-9-19)13-6-4-3-5-7-13/h3-7,12H,8-11H2,1-2H3. The minimum absolute atomic E-state index is 0.00509. The molecule has 0 unspecified atom stereocenters. The molecule has 0 radical (unpaired) electrons. The van der Waals surface area contributed by atoms with Gasteiger partial charge in [-0.3, -0.25) is 4.79 Å². The summed E-state index contributed by atoms with van der Waals surface area (Å²) in [5.41, 5.74) is 2.06. The third-order valence-electron chi connectivity index (χ3n) is 4.82. The van der Waals surface area contributed by atoms with Crippen LogP contribution in [-0.4, -0.2) is 5.78 Å². The Bertz CT molecular complexity index is 673. The van der Waals surface area contributed by atoms with Crippen LogP contribution in [0, 0.1) is 10.8 Å². The van der Waals surface area contributed by atoms with E-state index >= 15 is 0 Å². The molecule has 2 nitrogen and oxygen atoms in total. The van der Waals surface area contributed by atoms with Crippen LogP contribution in [0.4, 0.5) is 0 Å². The van der Waals surface area contributed by atoms with Gasteiger partial charge in [0.2, 0.25) is 0 Å². The lowest BCUT2D eigenvalue weighted by Gasteiger charge is -2.37. The van der Waals surface area contributed by atoms with Crippen molar-refractivity contribution >= 4 is 11.5 Å². The lowest BCUT2D eigenvalue weighted by Crippen LogP contribution is -2.31. The Morgan fingerprint density at radius 3 is 2.43 bits per heavy atom. The average Bonchev–Trinajstić information content (AvgIpc) is 3.17. The van der Waals surface area contributed by atoms with Crippen molar-refractivity contribution < 1.29 is 9.53 Å². The molecule has 0 saturated heterocycles. The van der Waals surface area contributed by atoms with Crippen molar-refractivity contribution in [3.05, 3.63) is 53.3 Å². The van der Waals surface area contributed by atoms with Gasteiger partial charge < -0.3 is 4.74 Å². The summed E-state index contributed by atoms with van der Waals surface area (Å²) in [7, 11) is 0. The van der Waals surface area contributed by atoms with E-state index in [1.807, 2.05) is 18.2 Å². The lowest BCUT2D eigenvalue weighted by molar-refractivity contribution is -0.119. The molecule has 0 aromatic heterocycles. The van der Waals surface area contributed by atoms with Crippen LogP contribution in [0.25, 0.3) is 5.76 Å². The second kappa shape index (κ2) is 4.09. The predicted octanol–water partition coefficient (Wildman–Crippen LogP) is 4.48. The first kappa shape index (κ1) is 12.9. The van der Waals surface area contributed by atoms with Crippen LogP contribution >= 0.6 is 0 Å². The third kappa shape index (κ3) is 2.05. The number of ketones is 1. The van der Waals surface area contributed by atoms with E-state index in [0.717, 1.165) is 41.9 Å². The van der Waals surface area contributed by atoms with Crippen molar-refractivity contribution in [3.63, 3.8) is 0 Å². The van der Waals surface area contributed by atoms with E-state index in [9.17, 15) is 4.79 Å². The fraction of sp³-hybridized carbons (Fsp3) is 0.421. The number of allylic oxidation sites excluding steroid dienone is 3. The predicted molar refractivity (Wildman–Crippen MR) is 82.2 cm³/mol. The first-order chi connectivity index (χ1) is 9.99. The van der Waals surface area contributed by atoms with E-state index in [-0.39, 0.29) is 10.8 Å². The number of hydrogen-bond acceptors (Lipinski definition) is 2. The largest absolute Gasteiger partial charge is 0.461 e. The molecule has 1 fully saturated rings. The summed E-state index contributed by atoms with van der Waals surface area (Å²) in [4.78, 5) is 12.6. The van der Waals surface area contributed by atoms with Crippen LogP contribution in [0.5, 0.6) is 0 Å². The number of ether oxygens (including phenoxy) is 1.